The van der Waals surface area contributed by atoms with Crippen LogP contribution in [-0.2, 0) is 51.7 Å². The molecule has 6 heterocycles. The Hall–Kier alpha value is -4.18. The minimum absolute atomic E-state index is 0.140. The summed E-state index contributed by atoms with van der Waals surface area (Å²) in [4.78, 5) is 52.7. The Labute approximate surface area is 360 Å². The van der Waals surface area contributed by atoms with Crippen LogP contribution in [0.5, 0.6) is 5.75 Å². The number of nitrogens with one attached hydrogen (secondary N) is 1. The molecule has 2 aromatic carbocycles. The molecule has 1 aliphatic carbocycles. The Morgan fingerprint density at radius 1 is 1.05 bits per heavy atom. The van der Waals surface area contributed by atoms with Gasteiger partial charge in [0.1, 0.15) is 11.2 Å². The second-order valence-corrected chi connectivity index (χ2v) is 18.8. The zero-order valence-corrected chi connectivity index (χ0v) is 36.7. The van der Waals surface area contributed by atoms with Crippen LogP contribution in [0.1, 0.15) is 74.4 Å². The summed E-state index contributed by atoms with van der Waals surface area (Å²) in [5, 5.41) is 14.2. The first-order valence-electron chi connectivity index (χ1n) is 21.3. The summed E-state index contributed by atoms with van der Waals surface area (Å²) in [5.74, 6) is -5.52. The molecule has 3 aromatic rings. The molecule has 12 nitrogen and oxygen atoms in total. The summed E-state index contributed by atoms with van der Waals surface area (Å²) in [5.41, 5.74) is -0.801. The second-order valence-electron chi connectivity index (χ2n) is 18.5. The molecule has 2 bridgehead atoms. The molecule has 2 saturated heterocycles. The van der Waals surface area contributed by atoms with Gasteiger partial charge in [-0.3, -0.25) is 19.4 Å². The van der Waals surface area contributed by atoms with Gasteiger partial charge in [-0.25, -0.2) is 13.6 Å². The number of ether oxygens (including phenoxy) is 4. The van der Waals surface area contributed by atoms with Gasteiger partial charge in [-0.1, -0.05) is 25.1 Å². The molecule has 15 heteroatoms. The van der Waals surface area contributed by atoms with Gasteiger partial charge in [0.15, 0.2) is 6.10 Å². The molecule has 1 aromatic heterocycles. The molecule has 328 valence electrons. The van der Waals surface area contributed by atoms with E-state index in [-0.39, 0.29) is 31.3 Å². The van der Waals surface area contributed by atoms with Crippen LogP contribution in [0.2, 0.25) is 0 Å². The molecule has 10 atom stereocenters. The van der Waals surface area contributed by atoms with Gasteiger partial charge >= 0.3 is 17.9 Å². The number of rotatable bonds is 8. The zero-order valence-electron chi connectivity index (χ0n) is 35.8. The number of benzene rings is 2. The lowest BCUT2D eigenvalue weighted by atomic mass is 9.47. The summed E-state index contributed by atoms with van der Waals surface area (Å²) >= 11 is 4.57. The molecule has 6 aliphatic rings. The Bertz CT molecular complexity index is 2350. The zero-order chi connectivity index (χ0) is 43.6. The number of anilines is 1. The highest BCUT2D eigenvalue weighted by Gasteiger charge is 2.80. The number of hydrogen-bond donors (Lipinski definition) is 3. The van der Waals surface area contributed by atoms with Gasteiger partial charge in [0.2, 0.25) is 11.5 Å². The van der Waals surface area contributed by atoms with Gasteiger partial charge in [0, 0.05) is 103 Å². The van der Waals surface area contributed by atoms with Crippen LogP contribution < -0.4 is 9.64 Å². The van der Waals surface area contributed by atoms with Crippen molar-refractivity contribution >= 4 is 47.1 Å². The van der Waals surface area contributed by atoms with Crippen molar-refractivity contribution in [3.63, 3.8) is 0 Å². The first kappa shape index (κ1) is 42.1. The van der Waals surface area contributed by atoms with Crippen LogP contribution in [0.3, 0.4) is 0 Å². The number of aromatic amines is 1. The number of carbonyl (C=O) groups is 3. The molecule has 9 rings (SSSR count). The maximum atomic E-state index is 15.4. The fraction of sp³-hybridized carbons (Fsp3) is 0.587. The third kappa shape index (κ3) is 5.61. The van der Waals surface area contributed by atoms with Crippen molar-refractivity contribution in [1.82, 2.24) is 14.8 Å². The molecule has 2 N–H and O–H groups in total. The van der Waals surface area contributed by atoms with Gasteiger partial charge in [0.05, 0.1) is 27.4 Å². The van der Waals surface area contributed by atoms with Crippen molar-refractivity contribution in [2.24, 2.45) is 17.3 Å². The van der Waals surface area contributed by atoms with Crippen LogP contribution in [0.25, 0.3) is 10.9 Å². The van der Waals surface area contributed by atoms with Crippen LogP contribution in [0.4, 0.5) is 14.5 Å². The lowest BCUT2D eigenvalue weighted by Crippen LogP contribution is -2.81. The van der Waals surface area contributed by atoms with E-state index in [4.69, 9.17) is 18.9 Å². The largest absolute Gasteiger partial charge is 0.496 e. The topological polar surface area (TPSA) is 134 Å². The van der Waals surface area contributed by atoms with Gasteiger partial charge in [-0.15, -0.1) is 0 Å². The predicted molar refractivity (Wildman–Crippen MR) is 227 cm³/mol. The van der Waals surface area contributed by atoms with E-state index in [0.29, 0.717) is 67.5 Å². The number of hydrogen-bond acceptors (Lipinski definition) is 12. The Morgan fingerprint density at radius 3 is 2.46 bits per heavy atom. The van der Waals surface area contributed by atoms with E-state index in [1.165, 1.54) is 28.3 Å². The van der Waals surface area contributed by atoms with Crippen LogP contribution in [-0.4, -0.2) is 122 Å². The summed E-state index contributed by atoms with van der Waals surface area (Å²) in [6, 6.07) is 8.53. The quantitative estimate of drug-likeness (QED) is 0.115. The fourth-order valence-electron chi connectivity index (χ4n) is 13.4. The highest BCUT2D eigenvalue weighted by Crippen LogP contribution is 2.68. The lowest BCUT2D eigenvalue weighted by Gasteiger charge is -2.63. The number of piperidine rings is 1. The van der Waals surface area contributed by atoms with E-state index in [1.807, 2.05) is 55.3 Å². The molecule has 61 heavy (non-hydrogen) atoms. The average molecular weight is 863 g/mol. The molecule has 0 radical (unpaired) electrons. The van der Waals surface area contributed by atoms with E-state index in [2.05, 4.69) is 33.5 Å². The van der Waals surface area contributed by atoms with Gasteiger partial charge in [-0.05, 0) is 80.0 Å². The molecule has 2 unspecified atom stereocenters. The summed E-state index contributed by atoms with van der Waals surface area (Å²) < 4.78 is 54.6. The number of fused-ring (bicyclic) bond motifs is 6. The third-order valence-electron chi connectivity index (χ3n) is 15.6. The summed E-state index contributed by atoms with van der Waals surface area (Å²) in [6.07, 6.45) is 3.99. The van der Waals surface area contributed by atoms with Crippen molar-refractivity contribution in [1.29, 1.82) is 0 Å². The lowest BCUT2D eigenvalue weighted by molar-refractivity contribution is -0.228. The SMILES string of the molecule is CC[C@]12C=CCN3CC[C@@]4(c5cc([C@@]6(C(=O)OC)C[C@H]7CC(C(C)(F)F)CN(Cc8c6[nH]c6ccc(CS)cc86)C7)c(OC)cc5N(C)[C@H]4[C@@](O)(C(=O)OC)[C@@H]1OC(C)=O)[C@@H]32. The number of esters is 3. The minimum Gasteiger partial charge on any atom is -0.496 e. The number of nitrogens with zero attached hydrogens (tertiary/aromatic N) is 3. The molecule has 5 aliphatic heterocycles. The fourth-order valence-corrected chi connectivity index (χ4v) is 13.6. The smallest absolute Gasteiger partial charge is 0.344 e. The summed E-state index contributed by atoms with van der Waals surface area (Å²) in [6.45, 7) is 6.48. The average Bonchev–Trinajstić information content (AvgIpc) is 3.89. The van der Waals surface area contributed by atoms with Gasteiger partial charge in [-0.2, -0.15) is 12.6 Å². The Balaban J connectivity index is 1.36. The standard InChI is InChI=1S/C46H56F2N4O8S/c1-8-43-12-9-14-52-15-13-44(37(43)52)31-18-32(35(57-5)19-34(31)50(4)38(44)46(56,41(55)59-7)39(43)60-25(2)53)45(40(54)58-6)20-27-16-28(42(3,47)48)22-51(21-27)23-30-29-17-26(24-61)10-11-33(29)49-36(30)45/h9-12,17-19,27-28,37-39,49,56,61H,8,13-16,20-24H2,1-7H3/t27-,28?,37+,38-,39-,43-,44-,45+,46+/m1/s1. The molecule has 1 spiro atoms. The normalized spacial score (nSPS) is 35.0. The molecule has 3 fully saturated rings. The minimum atomic E-state index is -2.95. The maximum Gasteiger partial charge on any atom is 0.344 e. The van der Waals surface area contributed by atoms with Gasteiger partial charge in [0.25, 0.3) is 0 Å². The first-order chi connectivity index (χ1) is 29.0. The molecular weight excluding hydrogens is 807 g/mol. The number of carbonyl (C=O) groups excluding carboxylic acids is 3. The number of likely N-dealkylation sites (N-methyl/N-ethyl adjacent to an activating group) is 1. The predicted octanol–water partition coefficient (Wildman–Crippen LogP) is 5.51. The van der Waals surface area contributed by atoms with Crippen LogP contribution >= 0.6 is 12.6 Å². The number of halogens is 2. The maximum absolute atomic E-state index is 15.4. The van der Waals surface area contributed by atoms with Crippen LogP contribution in [0.15, 0.2) is 42.5 Å². The highest BCUT2D eigenvalue weighted by molar-refractivity contribution is 7.79. The van der Waals surface area contributed by atoms with E-state index in [1.54, 1.807) is 0 Å². The van der Waals surface area contributed by atoms with E-state index in [9.17, 15) is 14.7 Å². The number of thiol groups is 1. The molecular formula is C46H56F2N4O8S. The number of H-pyrrole nitrogens is 1. The van der Waals surface area contributed by atoms with Crippen LogP contribution in [0, 0.1) is 17.3 Å². The molecule has 0 amide bonds. The van der Waals surface area contributed by atoms with E-state index >= 15 is 13.6 Å². The van der Waals surface area contributed by atoms with Crippen molar-refractivity contribution in [3.05, 3.63) is 70.4 Å². The number of aromatic nitrogens is 1. The third-order valence-corrected chi connectivity index (χ3v) is 16.0. The molecule has 1 saturated carbocycles. The van der Waals surface area contributed by atoms with Crippen molar-refractivity contribution in [2.45, 2.75) is 99.3 Å². The first-order valence-corrected chi connectivity index (χ1v) is 21.9. The van der Waals surface area contributed by atoms with Crippen molar-refractivity contribution < 1.29 is 47.2 Å². The van der Waals surface area contributed by atoms with Gasteiger partial charge < -0.3 is 33.9 Å². The Kier molecular flexibility index (Phi) is 9.97. The van der Waals surface area contributed by atoms with Crippen molar-refractivity contribution in [2.75, 3.05) is 59.5 Å². The number of alkyl halides is 2. The summed E-state index contributed by atoms with van der Waals surface area (Å²) in [7, 11) is 5.93. The van der Waals surface area contributed by atoms with E-state index in [0.717, 1.165) is 34.5 Å². The van der Waals surface area contributed by atoms with Crippen molar-refractivity contribution in [3.8, 4) is 5.75 Å². The monoisotopic (exact) mass is 862 g/mol. The number of aliphatic hydroxyl groups is 1. The second kappa shape index (κ2) is 14.4. The highest BCUT2D eigenvalue weighted by atomic mass is 32.1. The Morgan fingerprint density at radius 2 is 1.80 bits per heavy atom. The van der Waals surface area contributed by atoms with E-state index < -0.39 is 63.7 Å². The number of methoxy groups -OCH3 is 3.